The van der Waals surface area contributed by atoms with Gasteiger partial charge in [0.15, 0.2) is 5.69 Å². The molecule has 0 bridgehead atoms. The summed E-state index contributed by atoms with van der Waals surface area (Å²) in [6.07, 6.45) is 2.12. The lowest BCUT2D eigenvalue weighted by atomic mass is 9.98. The molecule has 2 heterocycles. The molecule has 6 heteroatoms. The summed E-state index contributed by atoms with van der Waals surface area (Å²) in [5, 5.41) is 9.42. The Hall–Kier alpha value is -2.32. The first-order chi connectivity index (χ1) is 9.91. The summed E-state index contributed by atoms with van der Waals surface area (Å²) >= 11 is 5.93. The van der Waals surface area contributed by atoms with E-state index in [9.17, 15) is 4.79 Å². The Balaban J connectivity index is 2.13. The number of hydrogen-bond acceptors (Lipinski definition) is 4. The van der Waals surface area contributed by atoms with E-state index in [0.29, 0.717) is 34.1 Å². The van der Waals surface area contributed by atoms with Crippen LogP contribution >= 0.6 is 11.6 Å². The van der Waals surface area contributed by atoms with Crippen molar-refractivity contribution in [3.8, 4) is 11.8 Å². The maximum atomic E-state index is 12.2. The first kappa shape index (κ1) is 13.7. The van der Waals surface area contributed by atoms with E-state index in [1.807, 2.05) is 19.9 Å². The van der Waals surface area contributed by atoms with Crippen LogP contribution in [-0.2, 0) is 11.2 Å². The van der Waals surface area contributed by atoms with Gasteiger partial charge in [-0.05, 0) is 32.0 Å². The van der Waals surface area contributed by atoms with Crippen LogP contribution in [0.15, 0.2) is 24.5 Å². The first-order valence-corrected chi connectivity index (χ1v) is 6.79. The number of rotatable bonds is 1. The van der Waals surface area contributed by atoms with Crippen LogP contribution < -0.4 is 0 Å². The third-order valence-electron chi connectivity index (χ3n) is 3.35. The standard InChI is InChI=1S/C15H12ClN3O2/c1-15(2)6-12-13(14(20)21-15)19(8-18-12)10-3-4-11(16)9(5-10)7-17/h3-5,8H,6H2,1-2H3. The molecule has 0 aliphatic carbocycles. The normalized spacial score (nSPS) is 16.0. The summed E-state index contributed by atoms with van der Waals surface area (Å²) in [4.78, 5) is 16.5. The van der Waals surface area contributed by atoms with Crippen LogP contribution in [0.5, 0.6) is 0 Å². The van der Waals surface area contributed by atoms with E-state index in [0.717, 1.165) is 0 Å². The number of cyclic esters (lactones) is 1. The lowest BCUT2D eigenvalue weighted by molar-refractivity contribution is -0.00795. The largest absolute Gasteiger partial charge is 0.455 e. The van der Waals surface area contributed by atoms with Gasteiger partial charge in [0.2, 0.25) is 0 Å². The summed E-state index contributed by atoms with van der Waals surface area (Å²) < 4.78 is 7.04. The molecule has 1 aromatic carbocycles. The van der Waals surface area contributed by atoms with Gasteiger partial charge in [-0.1, -0.05) is 11.6 Å². The number of ether oxygens (including phenoxy) is 1. The van der Waals surface area contributed by atoms with Crippen molar-refractivity contribution in [1.82, 2.24) is 9.55 Å². The highest BCUT2D eigenvalue weighted by molar-refractivity contribution is 6.31. The molecule has 1 aliphatic rings. The molecule has 5 nitrogen and oxygen atoms in total. The van der Waals surface area contributed by atoms with E-state index in [4.69, 9.17) is 21.6 Å². The number of carbonyl (C=O) groups excluding carboxylic acids is 1. The molecule has 2 aromatic rings. The number of halogens is 1. The van der Waals surface area contributed by atoms with E-state index in [2.05, 4.69) is 4.98 Å². The predicted octanol–water partition coefficient (Wildman–Crippen LogP) is 2.89. The zero-order chi connectivity index (χ0) is 15.2. The monoisotopic (exact) mass is 301 g/mol. The Morgan fingerprint density at radius 1 is 1.48 bits per heavy atom. The van der Waals surface area contributed by atoms with Crippen molar-refractivity contribution < 1.29 is 9.53 Å². The maximum absolute atomic E-state index is 12.2. The van der Waals surface area contributed by atoms with Crippen molar-refractivity contribution in [1.29, 1.82) is 5.26 Å². The molecule has 0 saturated heterocycles. The molecular weight excluding hydrogens is 290 g/mol. The van der Waals surface area contributed by atoms with Gasteiger partial charge in [-0.25, -0.2) is 9.78 Å². The summed E-state index contributed by atoms with van der Waals surface area (Å²) in [6, 6.07) is 7.00. The molecule has 21 heavy (non-hydrogen) atoms. The summed E-state index contributed by atoms with van der Waals surface area (Å²) in [7, 11) is 0. The molecule has 0 fully saturated rings. The van der Waals surface area contributed by atoms with E-state index in [1.54, 1.807) is 29.1 Å². The number of nitrogens with zero attached hydrogens (tertiary/aromatic N) is 3. The lowest BCUT2D eigenvalue weighted by Crippen LogP contribution is -2.36. The van der Waals surface area contributed by atoms with Crippen molar-refractivity contribution in [3.05, 3.63) is 46.5 Å². The fourth-order valence-electron chi connectivity index (χ4n) is 2.41. The summed E-state index contributed by atoms with van der Waals surface area (Å²) in [5.74, 6) is -0.410. The number of imidazole rings is 1. The number of esters is 1. The van der Waals surface area contributed by atoms with Crippen molar-refractivity contribution in [2.24, 2.45) is 0 Å². The second-order valence-corrected chi connectivity index (χ2v) is 5.92. The molecule has 3 rings (SSSR count). The smallest absolute Gasteiger partial charge is 0.357 e. The summed E-state index contributed by atoms with van der Waals surface area (Å²) in [5.41, 5.74) is 1.55. The van der Waals surface area contributed by atoms with Gasteiger partial charge in [-0.2, -0.15) is 5.26 Å². The molecule has 106 valence electrons. The number of hydrogen-bond donors (Lipinski definition) is 0. The molecule has 1 aliphatic heterocycles. The fourth-order valence-corrected chi connectivity index (χ4v) is 2.57. The minimum atomic E-state index is -0.554. The van der Waals surface area contributed by atoms with Crippen LogP contribution in [0, 0.1) is 11.3 Å². The van der Waals surface area contributed by atoms with Gasteiger partial charge in [-0.15, -0.1) is 0 Å². The van der Waals surface area contributed by atoms with Crippen LogP contribution in [-0.4, -0.2) is 21.1 Å². The topological polar surface area (TPSA) is 67.9 Å². The van der Waals surface area contributed by atoms with E-state index in [-0.39, 0.29) is 0 Å². The Labute approximate surface area is 126 Å². The predicted molar refractivity (Wildman–Crippen MR) is 76.5 cm³/mol. The van der Waals surface area contributed by atoms with Gasteiger partial charge in [-0.3, -0.25) is 4.57 Å². The van der Waals surface area contributed by atoms with Crippen LogP contribution in [0.25, 0.3) is 5.69 Å². The zero-order valence-corrected chi connectivity index (χ0v) is 12.3. The van der Waals surface area contributed by atoms with Crippen molar-refractivity contribution in [2.75, 3.05) is 0 Å². The van der Waals surface area contributed by atoms with Gasteiger partial charge in [0, 0.05) is 12.1 Å². The number of carbonyl (C=O) groups is 1. The van der Waals surface area contributed by atoms with Gasteiger partial charge in [0.1, 0.15) is 18.0 Å². The molecule has 1 aromatic heterocycles. The van der Waals surface area contributed by atoms with E-state index >= 15 is 0 Å². The average molecular weight is 302 g/mol. The first-order valence-electron chi connectivity index (χ1n) is 6.41. The molecule has 0 radical (unpaired) electrons. The number of aromatic nitrogens is 2. The SMILES string of the molecule is CC1(C)Cc2ncn(-c3ccc(Cl)c(C#N)c3)c2C(=O)O1. The Morgan fingerprint density at radius 3 is 2.95 bits per heavy atom. The molecule has 0 saturated carbocycles. The lowest BCUT2D eigenvalue weighted by Gasteiger charge is -2.29. The minimum absolute atomic E-state index is 0.348. The minimum Gasteiger partial charge on any atom is -0.455 e. The maximum Gasteiger partial charge on any atom is 0.357 e. The highest BCUT2D eigenvalue weighted by Gasteiger charge is 2.36. The van der Waals surface area contributed by atoms with Gasteiger partial charge in [0.25, 0.3) is 0 Å². The van der Waals surface area contributed by atoms with Gasteiger partial charge >= 0.3 is 5.97 Å². The second kappa shape index (κ2) is 4.61. The summed E-state index contributed by atoms with van der Waals surface area (Å²) in [6.45, 7) is 3.70. The van der Waals surface area contributed by atoms with Crippen LogP contribution in [0.1, 0.15) is 35.6 Å². The van der Waals surface area contributed by atoms with E-state index in [1.165, 1.54) is 0 Å². The van der Waals surface area contributed by atoms with Gasteiger partial charge < -0.3 is 4.74 Å². The highest BCUT2D eigenvalue weighted by Crippen LogP contribution is 2.29. The van der Waals surface area contributed by atoms with Crippen molar-refractivity contribution in [2.45, 2.75) is 25.9 Å². The second-order valence-electron chi connectivity index (χ2n) is 5.51. The molecule has 0 amide bonds. The number of nitriles is 1. The third kappa shape index (κ3) is 2.28. The molecule has 0 N–H and O–H groups in total. The molecule has 0 unspecified atom stereocenters. The molecular formula is C15H12ClN3O2. The van der Waals surface area contributed by atoms with Crippen molar-refractivity contribution in [3.63, 3.8) is 0 Å². The van der Waals surface area contributed by atoms with Crippen LogP contribution in [0.2, 0.25) is 5.02 Å². The van der Waals surface area contributed by atoms with Crippen LogP contribution in [0.3, 0.4) is 0 Å². The van der Waals surface area contributed by atoms with Crippen molar-refractivity contribution >= 4 is 17.6 Å². The Morgan fingerprint density at radius 2 is 2.24 bits per heavy atom. The molecule has 0 atom stereocenters. The number of benzene rings is 1. The van der Waals surface area contributed by atoms with Gasteiger partial charge in [0.05, 0.1) is 16.3 Å². The van der Waals surface area contributed by atoms with Crippen LogP contribution in [0.4, 0.5) is 0 Å². The Kier molecular flexibility index (Phi) is 2.99. The third-order valence-corrected chi connectivity index (χ3v) is 3.68. The molecule has 0 spiro atoms. The quantitative estimate of drug-likeness (QED) is 0.760. The zero-order valence-electron chi connectivity index (χ0n) is 11.6. The fraction of sp³-hybridized carbons (Fsp3) is 0.267. The Bertz CT molecular complexity index is 787. The number of fused-ring (bicyclic) bond motifs is 1. The highest BCUT2D eigenvalue weighted by atomic mass is 35.5. The average Bonchev–Trinajstić information content (AvgIpc) is 2.81. The van der Waals surface area contributed by atoms with E-state index < -0.39 is 11.6 Å².